The van der Waals surface area contributed by atoms with Gasteiger partial charge in [-0.15, -0.1) is 11.3 Å². The molecule has 0 saturated heterocycles. The highest BCUT2D eigenvalue weighted by atomic mass is 32.1. The summed E-state index contributed by atoms with van der Waals surface area (Å²) in [5, 5.41) is 14.8. The second-order valence-corrected chi connectivity index (χ2v) is 8.24. The molecule has 0 spiro atoms. The van der Waals surface area contributed by atoms with Crippen molar-refractivity contribution in [3.8, 4) is 6.07 Å². The van der Waals surface area contributed by atoms with Crippen molar-refractivity contribution in [2.24, 2.45) is 0 Å². The van der Waals surface area contributed by atoms with E-state index in [2.05, 4.69) is 58.1 Å². The van der Waals surface area contributed by atoms with E-state index in [4.69, 9.17) is 0 Å². The molecule has 4 heteroatoms. The van der Waals surface area contributed by atoms with E-state index in [9.17, 15) is 10.1 Å². The maximum absolute atomic E-state index is 12.2. The van der Waals surface area contributed by atoms with Gasteiger partial charge in [-0.25, -0.2) is 0 Å². The first kappa shape index (κ1) is 19.0. The number of rotatable bonds is 4. The van der Waals surface area contributed by atoms with Gasteiger partial charge in [0.05, 0.1) is 5.56 Å². The number of nitrogens with zero attached hydrogens (tertiary/aromatic N) is 1. The predicted octanol–water partition coefficient (Wildman–Crippen LogP) is 5.69. The summed E-state index contributed by atoms with van der Waals surface area (Å²) in [7, 11) is 0. The van der Waals surface area contributed by atoms with Crippen molar-refractivity contribution in [1.82, 2.24) is 0 Å². The highest BCUT2D eigenvalue weighted by Gasteiger charge is 2.22. The lowest BCUT2D eigenvalue weighted by molar-refractivity contribution is -0.111. The largest absolute Gasteiger partial charge is 0.313 e. The van der Waals surface area contributed by atoms with Crippen LogP contribution in [0.25, 0.3) is 6.08 Å². The Morgan fingerprint density at radius 2 is 1.88 bits per heavy atom. The second kappa shape index (κ2) is 7.67. The molecule has 1 aromatic heterocycles. The van der Waals surface area contributed by atoms with Crippen molar-refractivity contribution in [2.75, 3.05) is 5.32 Å². The molecule has 1 amide bonds. The zero-order chi connectivity index (χ0) is 18.6. The molecule has 0 aliphatic rings. The standard InChI is InChI=1S/C21H24N2OS/c1-14(2)16-9-6-15(7-10-16)8-11-19(24)23-20-17(12-22)18(13-25-20)21(3,4)5/h6-11,13-14H,1-5H3,(H,23,24)/b11-8+. The summed E-state index contributed by atoms with van der Waals surface area (Å²) in [5.41, 5.74) is 3.64. The molecular weight excluding hydrogens is 328 g/mol. The number of hydrogen-bond acceptors (Lipinski definition) is 3. The number of carbonyl (C=O) groups is 1. The van der Waals surface area contributed by atoms with E-state index in [-0.39, 0.29) is 11.3 Å². The van der Waals surface area contributed by atoms with Crippen LogP contribution >= 0.6 is 11.3 Å². The Morgan fingerprint density at radius 1 is 1.24 bits per heavy atom. The third-order valence-electron chi connectivity index (χ3n) is 3.98. The zero-order valence-electron chi connectivity index (χ0n) is 15.4. The van der Waals surface area contributed by atoms with Crippen LogP contribution in [0.2, 0.25) is 0 Å². The van der Waals surface area contributed by atoms with Crippen molar-refractivity contribution in [2.45, 2.75) is 46.0 Å². The molecule has 1 heterocycles. The van der Waals surface area contributed by atoms with E-state index < -0.39 is 0 Å². The van der Waals surface area contributed by atoms with Crippen LogP contribution in [0.4, 0.5) is 5.00 Å². The van der Waals surface area contributed by atoms with Crippen LogP contribution in [0.1, 0.15) is 62.8 Å². The first-order chi connectivity index (χ1) is 11.7. The minimum Gasteiger partial charge on any atom is -0.313 e. The SMILES string of the molecule is CC(C)c1ccc(/C=C/C(=O)Nc2scc(C(C)(C)C)c2C#N)cc1. The van der Waals surface area contributed by atoms with Gasteiger partial charge in [0.2, 0.25) is 5.91 Å². The van der Waals surface area contributed by atoms with Crippen LogP contribution in [-0.4, -0.2) is 5.91 Å². The summed E-state index contributed by atoms with van der Waals surface area (Å²) in [5.74, 6) is 0.258. The third-order valence-corrected chi connectivity index (χ3v) is 4.87. The summed E-state index contributed by atoms with van der Waals surface area (Å²) in [4.78, 5) is 12.2. The molecule has 1 aromatic carbocycles. The van der Waals surface area contributed by atoms with Crippen molar-refractivity contribution < 1.29 is 4.79 Å². The highest BCUT2D eigenvalue weighted by Crippen LogP contribution is 2.35. The number of carbonyl (C=O) groups excluding carboxylic acids is 1. The molecule has 0 aliphatic heterocycles. The molecule has 3 nitrogen and oxygen atoms in total. The lowest BCUT2D eigenvalue weighted by Crippen LogP contribution is -2.13. The maximum atomic E-state index is 12.2. The number of anilines is 1. The summed E-state index contributed by atoms with van der Waals surface area (Å²) in [6.45, 7) is 10.5. The van der Waals surface area contributed by atoms with E-state index in [1.807, 2.05) is 17.5 Å². The van der Waals surface area contributed by atoms with E-state index >= 15 is 0 Å². The summed E-state index contributed by atoms with van der Waals surface area (Å²) < 4.78 is 0. The molecule has 25 heavy (non-hydrogen) atoms. The van der Waals surface area contributed by atoms with E-state index in [1.165, 1.54) is 23.0 Å². The maximum Gasteiger partial charge on any atom is 0.249 e. The lowest BCUT2D eigenvalue weighted by atomic mass is 9.86. The van der Waals surface area contributed by atoms with Crippen molar-refractivity contribution in [3.05, 3.63) is 58.0 Å². The number of hydrogen-bond donors (Lipinski definition) is 1. The first-order valence-electron chi connectivity index (χ1n) is 8.33. The molecule has 1 N–H and O–H groups in total. The van der Waals surface area contributed by atoms with Crippen LogP contribution in [0.15, 0.2) is 35.7 Å². The third kappa shape index (κ3) is 4.80. The highest BCUT2D eigenvalue weighted by molar-refractivity contribution is 7.14. The van der Waals surface area contributed by atoms with Gasteiger partial charge in [0, 0.05) is 6.08 Å². The number of nitriles is 1. The van der Waals surface area contributed by atoms with Gasteiger partial charge >= 0.3 is 0 Å². The fourth-order valence-corrected chi connectivity index (χ4v) is 3.57. The number of amides is 1. The second-order valence-electron chi connectivity index (χ2n) is 7.36. The fourth-order valence-electron chi connectivity index (χ4n) is 2.43. The van der Waals surface area contributed by atoms with E-state index in [0.717, 1.165) is 11.1 Å². The van der Waals surface area contributed by atoms with Crippen LogP contribution in [0.3, 0.4) is 0 Å². The normalized spacial score (nSPS) is 11.7. The van der Waals surface area contributed by atoms with Gasteiger partial charge in [0.15, 0.2) is 0 Å². The van der Waals surface area contributed by atoms with Crippen molar-refractivity contribution in [3.63, 3.8) is 0 Å². The minimum atomic E-state index is -0.230. The quantitative estimate of drug-likeness (QED) is 0.718. The van der Waals surface area contributed by atoms with Gasteiger partial charge < -0.3 is 5.32 Å². The summed E-state index contributed by atoms with van der Waals surface area (Å²) >= 11 is 1.39. The van der Waals surface area contributed by atoms with Gasteiger partial charge in [0.1, 0.15) is 11.1 Å². The smallest absolute Gasteiger partial charge is 0.249 e. The Balaban J connectivity index is 2.10. The van der Waals surface area contributed by atoms with Gasteiger partial charge in [-0.2, -0.15) is 5.26 Å². The van der Waals surface area contributed by atoms with Crippen LogP contribution < -0.4 is 5.32 Å². The Bertz CT molecular complexity index is 815. The van der Waals surface area contributed by atoms with Crippen molar-refractivity contribution >= 4 is 28.3 Å². The van der Waals surface area contributed by atoms with Crippen molar-refractivity contribution in [1.29, 1.82) is 5.26 Å². The summed E-state index contributed by atoms with van der Waals surface area (Å²) in [6, 6.07) is 10.4. The molecule has 0 atom stereocenters. The Labute approximate surface area is 154 Å². The Kier molecular flexibility index (Phi) is 5.81. The van der Waals surface area contributed by atoms with E-state index in [1.54, 1.807) is 6.08 Å². The topological polar surface area (TPSA) is 52.9 Å². The Hall–Kier alpha value is -2.38. The van der Waals surface area contributed by atoms with Crippen LogP contribution in [0.5, 0.6) is 0 Å². The van der Waals surface area contributed by atoms with Gasteiger partial charge in [-0.1, -0.05) is 58.9 Å². The molecule has 0 aliphatic carbocycles. The predicted molar refractivity (Wildman–Crippen MR) is 106 cm³/mol. The van der Waals surface area contributed by atoms with Gasteiger partial charge in [-0.05, 0) is 39.5 Å². The molecule has 0 bridgehead atoms. The molecule has 0 radical (unpaired) electrons. The monoisotopic (exact) mass is 352 g/mol. The minimum absolute atomic E-state index is 0.126. The van der Waals surface area contributed by atoms with Crippen LogP contribution in [-0.2, 0) is 10.2 Å². The number of nitrogens with one attached hydrogen (secondary N) is 1. The molecular formula is C21H24N2OS. The first-order valence-corrected chi connectivity index (χ1v) is 9.21. The molecule has 2 aromatic rings. The molecule has 0 unspecified atom stereocenters. The van der Waals surface area contributed by atoms with Crippen LogP contribution in [0, 0.1) is 11.3 Å². The molecule has 0 saturated carbocycles. The number of benzene rings is 1. The average molecular weight is 353 g/mol. The number of thiophene rings is 1. The average Bonchev–Trinajstić information content (AvgIpc) is 2.96. The fraction of sp³-hybridized carbons (Fsp3) is 0.333. The molecule has 2 rings (SSSR count). The Morgan fingerprint density at radius 3 is 2.40 bits per heavy atom. The lowest BCUT2D eigenvalue weighted by Gasteiger charge is -2.17. The molecule has 130 valence electrons. The molecule has 0 fully saturated rings. The summed E-state index contributed by atoms with van der Waals surface area (Å²) in [6.07, 6.45) is 3.28. The van der Waals surface area contributed by atoms with Gasteiger partial charge in [0.25, 0.3) is 0 Å². The van der Waals surface area contributed by atoms with E-state index in [0.29, 0.717) is 16.5 Å². The zero-order valence-corrected chi connectivity index (χ0v) is 16.2. The van der Waals surface area contributed by atoms with Gasteiger partial charge in [-0.3, -0.25) is 4.79 Å².